The molecule has 0 unspecified atom stereocenters. The van der Waals surface area contributed by atoms with Gasteiger partial charge in [0.05, 0.1) is 11.5 Å². The summed E-state index contributed by atoms with van der Waals surface area (Å²) in [5.74, 6) is -1.90. The number of carbonyl (C=O) groups is 2. The fourth-order valence-corrected chi connectivity index (χ4v) is 1.50. The maximum atomic E-state index is 11.4. The van der Waals surface area contributed by atoms with Crippen LogP contribution in [0.15, 0.2) is 12.3 Å². The summed E-state index contributed by atoms with van der Waals surface area (Å²) in [6.45, 7) is 1.61. The molecule has 0 amide bonds. The number of hydrogen-bond acceptors (Lipinski definition) is 6. The number of aromatic nitrogens is 1. The molecule has 0 aliphatic heterocycles. The number of nitrogens with zero attached hydrogens (tertiary/aromatic N) is 2. The van der Waals surface area contributed by atoms with E-state index < -0.39 is 28.8 Å². The lowest BCUT2D eigenvalue weighted by atomic mass is 10.1. The summed E-state index contributed by atoms with van der Waals surface area (Å²) >= 11 is 5.57. The standard InChI is InChI=1S/C10H9ClN2O5/c1-2-18-10(15)7(14)5-6-3-4-12-9(11)8(6)13(16)17/h3-4H,2,5H2,1H3. The first-order chi connectivity index (χ1) is 8.47. The molecule has 7 nitrogen and oxygen atoms in total. The van der Waals surface area contributed by atoms with E-state index in [-0.39, 0.29) is 17.3 Å². The van der Waals surface area contributed by atoms with Crippen LogP contribution in [0.1, 0.15) is 12.5 Å². The highest BCUT2D eigenvalue weighted by atomic mass is 35.5. The molecule has 0 aliphatic carbocycles. The molecule has 96 valence electrons. The predicted molar refractivity (Wildman–Crippen MR) is 61.2 cm³/mol. The normalized spacial score (nSPS) is 9.89. The lowest BCUT2D eigenvalue weighted by Gasteiger charge is -2.03. The Labute approximate surface area is 107 Å². The van der Waals surface area contributed by atoms with Crippen LogP contribution in [0.4, 0.5) is 5.69 Å². The Kier molecular flexibility index (Phi) is 4.73. The minimum absolute atomic E-state index is 0.0260. The Hall–Kier alpha value is -2.02. The van der Waals surface area contributed by atoms with Crippen LogP contribution in [0.5, 0.6) is 0 Å². The van der Waals surface area contributed by atoms with Gasteiger partial charge in [0, 0.05) is 18.2 Å². The number of Topliss-reactive ketones (excluding diaryl/α,β-unsaturated/α-hetero) is 1. The van der Waals surface area contributed by atoms with Crippen molar-refractivity contribution >= 4 is 29.0 Å². The van der Waals surface area contributed by atoms with E-state index in [0.717, 1.165) is 0 Å². The highest BCUT2D eigenvalue weighted by Crippen LogP contribution is 2.26. The second kappa shape index (κ2) is 6.06. The van der Waals surface area contributed by atoms with Gasteiger partial charge >= 0.3 is 11.7 Å². The van der Waals surface area contributed by atoms with Crippen LogP contribution in [0.2, 0.25) is 5.15 Å². The number of ketones is 1. The summed E-state index contributed by atoms with van der Waals surface area (Å²) in [4.78, 5) is 36.1. The second-order valence-electron chi connectivity index (χ2n) is 3.19. The molecule has 8 heteroatoms. The van der Waals surface area contributed by atoms with Crippen LogP contribution in [0.25, 0.3) is 0 Å². The molecule has 0 spiro atoms. The van der Waals surface area contributed by atoms with E-state index in [1.54, 1.807) is 6.92 Å². The van der Waals surface area contributed by atoms with Crippen LogP contribution in [-0.2, 0) is 20.7 Å². The first-order valence-electron chi connectivity index (χ1n) is 4.95. The highest BCUT2D eigenvalue weighted by Gasteiger charge is 2.24. The Morgan fingerprint density at radius 2 is 2.22 bits per heavy atom. The summed E-state index contributed by atoms with van der Waals surface area (Å²) in [6.07, 6.45) is 0.778. The summed E-state index contributed by atoms with van der Waals surface area (Å²) in [5, 5.41) is 10.4. The quantitative estimate of drug-likeness (QED) is 0.263. The van der Waals surface area contributed by atoms with E-state index in [9.17, 15) is 19.7 Å². The van der Waals surface area contributed by atoms with Crippen molar-refractivity contribution in [3.05, 3.63) is 33.1 Å². The van der Waals surface area contributed by atoms with Crippen molar-refractivity contribution in [1.29, 1.82) is 0 Å². The fraction of sp³-hybridized carbons (Fsp3) is 0.300. The van der Waals surface area contributed by atoms with Gasteiger partial charge in [-0.2, -0.15) is 0 Å². The van der Waals surface area contributed by atoms with Crippen molar-refractivity contribution in [2.45, 2.75) is 13.3 Å². The molecule has 18 heavy (non-hydrogen) atoms. The van der Waals surface area contributed by atoms with Gasteiger partial charge in [-0.1, -0.05) is 11.6 Å². The third-order valence-corrected chi connectivity index (χ3v) is 2.28. The Bertz CT molecular complexity index is 503. The summed E-state index contributed by atoms with van der Waals surface area (Å²) in [7, 11) is 0. The number of esters is 1. The van der Waals surface area contributed by atoms with Crippen molar-refractivity contribution in [2.24, 2.45) is 0 Å². The highest BCUT2D eigenvalue weighted by molar-refractivity contribution is 6.34. The topological polar surface area (TPSA) is 99.4 Å². The van der Waals surface area contributed by atoms with Crippen molar-refractivity contribution in [3.8, 4) is 0 Å². The maximum Gasteiger partial charge on any atom is 0.374 e. The Morgan fingerprint density at radius 1 is 1.56 bits per heavy atom. The van der Waals surface area contributed by atoms with E-state index in [2.05, 4.69) is 9.72 Å². The third kappa shape index (κ3) is 3.24. The average Bonchev–Trinajstić information content (AvgIpc) is 2.28. The van der Waals surface area contributed by atoms with Gasteiger partial charge in [-0.25, -0.2) is 9.78 Å². The minimum atomic E-state index is -1.03. The molecule has 1 heterocycles. The monoisotopic (exact) mass is 272 g/mol. The molecular formula is C10H9ClN2O5. The van der Waals surface area contributed by atoms with Crippen LogP contribution in [-0.4, -0.2) is 28.3 Å². The third-order valence-electron chi connectivity index (χ3n) is 2.00. The lowest BCUT2D eigenvalue weighted by Crippen LogP contribution is -2.20. The molecule has 1 aromatic rings. The second-order valence-corrected chi connectivity index (χ2v) is 3.55. The number of pyridine rings is 1. The Balaban J connectivity index is 2.98. The molecule has 0 aromatic carbocycles. The molecular weight excluding hydrogens is 264 g/mol. The number of halogens is 1. The van der Waals surface area contributed by atoms with E-state index in [0.29, 0.717) is 0 Å². The number of nitro groups is 1. The van der Waals surface area contributed by atoms with Gasteiger partial charge in [-0.15, -0.1) is 0 Å². The predicted octanol–water partition coefficient (Wildman–Crippen LogP) is 1.32. The van der Waals surface area contributed by atoms with Gasteiger partial charge < -0.3 is 4.74 Å². The minimum Gasteiger partial charge on any atom is -0.460 e. The van der Waals surface area contributed by atoms with Crippen molar-refractivity contribution in [2.75, 3.05) is 6.61 Å². The van der Waals surface area contributed by atoms with E-state index >= 15 is 0 Å². The van der Waals surface area contributed by atoms with E-state index in [1.807, 2.05) is 0 Å². The summed E-state index contributed by atoms with van der Waals surface area (Å²) in [5.41, 5.74) is -0.449. The zero-order valence-electron chi connectivity index (χ0n) is 9.38. The number of hydrogen-bond donors (Lipinski definition) is 0. The largest absolute Gasteiger partial charge is 0.460 e. The molecule has 0 N–H and O–H groups in total. The van der Waals surface area contributed by atoms with Gasteiger partial charge in [-0.05, 0) is 13.0 Å². The number of rotatable bonds is 5. The molecule has 0 atom stereocenters. The van der Waals surface area contributed by atoms with Crippen molar-refractivity contribution < 1.29 is 19.2 Å². The van der Waals surface area contributed by atoms with Crippen LogP contribution >= 0.6 is 11.6 Å². The van der Waals surface area contributed by atoms with Crippen LogP contribution in [0.3, 0.4) is 0 Å². The van der Waals surface area contributed by atoms with Crippen molar-refractivity contribution in [1.82, 2.24) is 4.98 Å². The smallest absolute Gasteiger partial charge is 0.374 e. The molecule has 0 bridgehead atoms. The molecule has 1 aromatic heterocycles. The first-order valence-corrected chi connectivity index (χ1v) is 5.32. The lowest BCUT2D eigenvalue weighted by molar-refractivity contribution is -0.385. The molecule has 0 saturated heterocycles. The van der Waals surface area contributed by atoms with E-state index in [4.69, 9.17) is 11.6 Å². The fourth-order valence-electron chi connectivity index (χ4n) is 1.26. The van der Waals surface area contributed by atoms with Gasteiger partial charge in [0.25, 0.3) is 0 Å². The zero-order chi connectivity index (χ0) is 13.7. The Morgan fingerprint density at radius 3 is 2.78 bits per heavy atom. The molecule has 0 aliphatic rings. The average molecular weight is 273 g/mol. The zero-order valence-corrected chi connectivity index (χ0v) is 10.1. The molecule has 1 rings (SSSR count). The molecule has 0 saturated carbocycles. The molecule has 0 radical (unpaired) electrons. The summed E-state index contributed by atoms with van der Waals surface area (Å²) in [6, 6.07) is 1.27. The summed E-state index contributed by atoms with van der Waals surface area (Å²) < 4.78 is 4.50. The van der Waals surface area contributed by atoms with Gasteiger partial charge in [0.2, 0.25) is 10.9 Å². The van der Waals surface area contributed by atoms with Gasteiger partial charge in [0.15, 0.2) is 0 Å². The first kappa shape index (κ1) is 14.0. The van der Waals surface area contributed by atoms with Crippen LogP contribution < -0.4 is 0 Å². The maximum absolute atomic E-state index is 11.4. The van der Waals surface area contributed by atoms with Crippen molar-refractivity contribution in [3.63, 3.8) is 0 Å². The molecule has 0 fully saturated rings. The van der Waals surface area contributed by atoms with E-state index in [1.165, 1.54) is 12.3 Å². The SMILES string of the molecule is CCOC(=O)C(=O)Cc1ccnc(Cl)c1[N+](=O)[O-]. The van der Waals surface area contributed by atoms with Gasteiger partial charge in [0.1, 0.15) is 0 Å². The van der Waals surface area contributed by atoms with Gasteiger partial charge in [-0.3, -0.25) is 14.9 Å². The number of ether oxygens (including phenoxy) is 1. The van der Waals surface area contributed by atoms with Crippen LogP contribution in [0, 0.1) is 10.1 Å². The number of carbonyl (C=O) groups excluding carboxylic acids is 2.